The topological polar surface area (TPSA) is 94.1 Å². The lowest BCUT2D eigenvalue weighted by Gasteiger charge is -2.16. The second kappa shape index (κ2) is 8.43. The number of anilines is 4. The second-order valence-electron chi connectivity index (χ2n) is 7.55. The fraction of sp³-hybridized carbons (Fsp3) is 0.217. The largest absolute Gasteiger partial charge is 0.358 e. The quantitative estimate of drug-likeness (QED) is 0.320. The molecule has 3 heterocycles. The van der Waals surface area contributed by atoms with E-state index in [0.717, 1.165) is 53.8 Å². The minimum absolute atomic E-state index is 0.407. The minimum atomic E-state index is 0.407. The molecule has 0 saturated carbocycles. The van der Waals surface area contributed by atoms with Crippen LogP contribution in [0.3, 0.4) is 0 Å². The highest BCUT2D eigenvalue weighted by molar-refractivity contribution is 6.00. The fourth-order valence-corrected chi connectivity index (χ4v) is 3.80. The Morgan fingerprint density at radius 2 is 1.68 bits per heavy atom. The van der Waals surface area contributed by atoms with Crippen LogP contribution in [0, 0.1) is 6.92 Å². The van der Waals surface area contributed by atoms with Crippen LogP contribution in [0.4, 0.5) is 23.5 Å². The Morgan fingerprint density at radius 3 is 2.52 bits per heavy atom. The summed E-state index contributed by atoms with van der Waals surface area (Å²) < 4.78 is 0. The van der Waals surface area contributed by atoms with Gasteiger partial charge in [-0.2, -0.15) is 20.1 Å². The third-order valence-electron chi connectivity index (χ3n) is 5.34. The Hall–Kier alpha value is -3.94. The van der Waals surface area contributed by atoms with Crippen LogP contribution in [0.25, 0.3) is 10.9 Å². The number of aromatic amines is 1. The first kappa shape index (κ1) is 19.0. The molecule has 0 aliphatic carbocycles. The number of fused-ring (bicyclic) bond motifs is 1. The van der Waals surface area contributed by atoms with Gasteiger partial charge >= 0.3 is 0 Å². The Kier molecular flexibility index (Phi) is 5.18. The fourth-order valence-electron chi connectivity index (χ4n) is 3.80. The van der Waals surface area contributed by atoms with Gasteiger partial charge in [-0.05, 0) is 38.0 Å². The Morgan fingerprint density at radius 1 is 0.935 bits per heavy atom. The molecule has 1 saturated heterocycles. The monoisotopic (exact) mass is 412 g/mol. The number of hydrogen-bond acceptors (Lipinski definition) is 7. The molecular weight excluding hydrogens is 388 g/mol. The van der Waals surface area contributed by atoms with Crippen LogP contribution in [0.1, 0.15) is 24.1 Å². The molecule has 0 unspecified atom stereocenters. The maximum absolute atomic E-state index is 4.62. The summed E-state index contributed by atoms with van der Waals surface area (Å²) in [5.74, 6) is 1.56. The van der Waals surface area contributed by atoms with Crippen molar-refractivity contribution < 1.29 is 0 Å². The molecule has 1 aliphatic rings. The molecule has 0 amide bonds. The van der Waals surface area contributed by atoms with Crippen molar-refractivity contribution in [2.75, 3.05) is 28.7 Å². The summed E-state index contributed by atoms with van der Waals surface area (Å²) in [6.07, 6.45) is 4.10. The third kappa shape index (κ3) is 4.18. The van der Waals surface area contributed by atoms with Crippen molar-refractivity contribution in [1.29, 1.82) is 0 Å². The molecule has 3 N–H and O–H groups in total. The summed E-state index contributed by atoms with van der Waals surface area (Å²) in [5, 5.41) is 8.81. The third-order valence-corrected chi connectivity index (χ3v) is 5.34. The highest BCUT2D eigenvalue weighted by atomic mass is 15.4. The number of benzene rings is 2. The SMILES string of the molecule is Cc1[nH]c2ccccc2c1/C=N/Nc1nc(Nc2ccccc2)nc(N2CCCC2)n1. The molecule has 0 spiro atoms. The van der Waals surface area contributed by atoms with E-state index in [1.165, 1.54) is 0 Å². The number of aryl methyl sites for hydroxylation is 1. The van der Waals surface area contributed by atoms with Gasteiger partial charge in [-0.1, -0.05) is 36.4 Å². The number of rotatable bonds is 6. The lowest BCUT2D eigenvalue weighted by Crippen LogP contribution is -2.21. The first-order valence-electron chi connectivity index (χ1n) is 10.5. The van der Waals surface area contributed by atoms with Gasteiger partial charge in [0, 0.05) is 40.9 Å². The van der Waals surface area contributed by atoms with Gasteiger partial charge in [0.1, 0.15) is 0 Å². The summed E-state index contributed by atoms with van der Waals surface area (Å²) in [6, 6.07) is 18.0. The highest BCUT2D eigenvalue weighted by Gasteiger charge is 2.17. The average molecular weight is 413 g/mol. The Bertz CT molecular complexity index is 1210. The Balaban J connectivity index is 1.42. The number of hydrogen-bond donors (Lipinski definition) is 3. The van der Waals surface area contributed by atoms with E-state index in [4.69, 9.17) is 0 Å². The van der Waals surface area contributed by atoms with Crippen LogP contribution in [0.5, 0.6) is 0 Å². The van der Waals surface area contributed by atoms with Crippen LogP contribution < -0.4 is 15.6 Å². The van der Waals surface area contributed by atoms with E-state index < -0.39 is 0 Å². The van der Waals surface area contributed by atoms with Crippen molar-refractivity contribution in [3.8, 4) is 0 Å². The van der Waals surface area contributed by atoms with Gasteiger partial charge in [0.25, 0.3) is 0 Å². The molecule has 1 aliphatic heterocycles. The molecular formula is C23H24N8. The molecule has 31 heavy (non-hydrogen) atoms. The second-order valence-corrected chi connectivity index (χ2v) is 7.55. The van der Waals surface area contributed by atoms with Crippen molar-refractivity contribution in [3.63, 3.8) is 0 Å². The number of H-pyrrole nitrogens is 1. The predicted molar refractivity (Wildman–Crippen MR) is 125 cm³/mol. The van der Waals surface area contributed by atoms with Gasteiger partial charge in [0.15, 0.2) is 0 Å². The summed E-state index contributed by atoms with van der Waals surface area (Å²) in [7, 11) is 0. The van der Waals surface area contributed by atoms with Crippen LogP contribution in [0.15, 0.2) is 59.7 Å². The van der Waals surface area contributed by atoms with Crippen LogP contribution in [-0.2, 0) is 0 Å². The smallest absolute Gasteiger partial charge is 0.250 e. The van der Waals surface area contributed by atoms with Crippen molar-refractivity contribution in [2.24, 2.45) is 5.10 Å². The Labute approximate surface area is 180 Å². The van der Waals surface area contributed by atoms with E-state index in [1.807, 2.05) is 49.4 Å². The van der Waals surface area contributed by atoms with Gasteiger partial charge in [-0.15, -0.1) is 0 Å². The van der Waals surface area contributed by atoms with E-state index in [1.54, 1.807) is 6.21 Å². The summed E-state index contributed by atoms with van der Waals surface area (Å²) in [5.41, 5.74) is 7.11. The van der Waals surface area contributed by atoms with Crippen molar-refractivity contribution >= 4 is 40.6 Å². The lowest BCUT2D eigenvalue weighted by atomic mass is 10.1. The minimum Gasteiger partial charge on any atom is -0.358 e. The molecule has 0 atom stereocenters. The number of aromatic nitrogens is 4. The molecule has 156 valence electrons. The van der Waals surface area contributed by atoms with Gasteiger partial charge < -0.3 is 15.2 Å². The first-order valence-corrected chi connectivity index (χ1v) is 10.5. The molecule has 8 nitrogen and oxygen atoms in total. The summed E-state index contributed by atoms with van der Waals surface area (Å²) in [4.78, 5) is 19.3. The maximum atomic E-state index is 4.62. The average Bonchev–Trinajstić information content (AvgIpc) is 3.43. The first-order chi connectivity index (χ1) is 15.3. The van der Waals surface area contributed by atoms with Crippen LogP contribution in [0.2, 0.25) is 0 Å². The summed E-state index contributed by atoms with van der Waals surface area (Å²) in [6.45, 7) is 3.94. The van der Waals surface area contributed by atoms with E-state index in [0.29, 0.717) is 17.8 Å². The molecule has 2 aromatic carbocycles. The van der Waals surface area contributed by atoms with Crippen molar-refractivity contribution in [3.05, 3.63) is 65.9 Å². The maximum Gasteiger partial charge on any atom is 0.250 e. The van der Waals surface area contributed by atoms with Crippen LogP contribution in [-0.4, -0.2) is 39.2 Å². The van der Waals surface area contributed by atoms with Crippen molar-refractivity contribution in [1.82, 2.24) is 19.9 Å². The molecule has 1 fully saturated rings. The van der Waals surface area contributed by atoms with E-state index >= 15 is 0 Å². The number of nitrogens with one attached hydrogen (secondary N) is 3. The zero-order valence-electron chi connectivity index (χ0n) is 17.3. The standard InChI is InChI=1S/C23H24N8/c1-16-19(18-11-5-6-12-20(18)25-16)15-24-30-22-27-21(26-17-9-3-2-4-10-17)28-23(29-22)31-13-7-8-14-31/h2-6,9-12,15,25H,7-8,13-14H2,1H3,(H2,26,27,28,29,30)/b24-15+. The molecule has 8 heteroatoms. The highest BCUT2D eigenvalue weighted by Crippen LogP contribution is 2.22. The predicted octanol–water partition coefficient (Wildman–Crippen LogP) is 4.45. The van der Waals surface area contributed by atoms with Crippen molar-refractivity contribution in [2.45, 2.75) is 19.8 Å². The van der Waals surface area contributed by atoms with E-state index in [-0.39, 0.29) is 0 Å². The van der Waals surface area contributed by atoms with E-state index in [2.05, 4.69) is 52.8 Å². The molecule has 4 aromatic rings. The normalized spacial score (nSPS) is 13.9. The molecule has 5 rings (SSSR count). The molecule has 2 aromatic heterocycles. The van der Waals surface area contributed by atoms with Gasteiger partial charge in [0.05, 0.1) is 6.21 Å². The molecule has 0 bridgehead atoms. The number of nitrogens with zero attached hydrogens (tertiary/aromatic N) is 5. The zero-order chi connectivity index (χ0) is 21.0. The zero-order valence-corrected chi connectivity index (χ0v) is 17.3. The van der Waals surface area contributed by atoms with E-state index in [9.17, 15) is 0 Å². The lowest BCUT2D eigenvalue weighted by molar-refractivity contribution is 0.883. The van der Waals surface area contributed by atoms with Gasteiger partial charge in [0.2, 0.25) is 17.8 Å². The van der Waals surface area contributed by atoms with Gasteiger partial charge in [-0.25, -0.2) is 5.43 Å². The number of hydrazone groups is 1. The summed E-state index contributed by atoms with van der Waals surface area (Å²) >= 11 is 0. The van der Waals surface area contributed by atoms with Crippen LogP contribution >= 0.6 is 0 Å². The molecule has 0 radical (unpaired) electrons. The number of para-hydroxylation sites is 2. The van der Waals surface area contributed by atoms with Gasteiger partial charge in [-0.3, -0.25) is 0 Å².